The number of amides is 4. The van der Waals surface area contributed by atoms with Crippen LogP contribution in [0.25, 0.3) is 0 Å². The first-order valence-corrected chi connectivity index (χ1v) is 11.6. The fourth-order valence-electron chi connectivity index (χ4n) is 3.98. The summed E-state index contributed by atoms with van der Waals surface area (Å²) < 4.78 is 18.8. The zero-order valence-corrected chi connectivity index (χ0v) is 20.3. The molecule has 2 aromatic rings. The lowest BCUT2D eigenvalue weighted by molar-refractivity contribution is -0.119. The molecule has 0 aliphatic carbocycles. The quantitative estimate of drug-likeness (QED) is 0.599. The van der Waals surface area contributed by atoms with Gasteiger partial charge in [0.05, 0.1) is 11.3 Å². The third-order valence-corrected chi connectivity index (χ3v) is 5.86. The maximum atomic E-state index is 13.9. The Morgan fingerprint density at radius 3 is 2.31 bits per heavy atom. The van der Waals surface area contributed by atoms with E-state index in [4.69, 9.17) is 4.74 Å². The molecule has 1 heterocycles. The van der Waals surface area contributed by atoms with Gasteiger partial charge in [-0.15, -0.1) is 0 Å². The Balaban J connectivity index is 1.75. The lowest BCUT2D eigenvalue weighted by atomic mass is 10.1. The van der Waals surface area contributed by atoms with E-state index in [0.717, 1.165) is 5.69 Å². The molecule has 1 fully saturated rings. The van der Waals surface area contributed by atoms with Crippen LogP contribution in [0.2, 0.25) is 0 Å². The number of rotatable bonds is 8. The molecule has 10 heteroatoms. The number of hydrogen-bond donors (Lipinski definition) is 2. The van der Waals surface area contributed by atoms with E-state index in [0.29, 0.717) is 50.5 Å². The zero-order valence-electron chi connectivity index (χ0n) is 20.3. The molecule has 35 heavy (non-hydrogen) atoms. The van der Waals surface area contributed by atoms with Crippen molar-refractivity contribution in [3.05, 3.63) is 53.8 Å². The van der Waals surface area contributed by atoms with Crippen LogP contribution < -0.4 is 15.5 Å². The normalized spacial score (nSPS) is 13.4. The van der Waals surface area contributed by atoms with Gasteiger partial charge in [0.15, 0.2) is 0 Å². The first-order valence-electron chi connectivity index (χ1n) is 11.6. The predicted molar refractivity (Wildman–Crippen MR) is 133 cm³/mol. The number of hydrogen-bond acceptors (Lipinski definition) is 5. The fraction of sp³-hybridized carbons (Fsp3) is 0.400. The van der Waals surface area contributed by atoms with Crippen LogP contribution in [0, 0.1) is 5.82 Å². The minimum Gasteiger partial charge on any atom is -0.375 e. The Morgan fingerprint density at radius 1 is 1.00 bits per heavy atom. The van der Waals surface area contributed by atoms with Crippen LogP contribution in [-0.4, -0.2) is 80.6 Å². The molecule has 1 saturated heterocycles. The van der Waals surface area contributed by atoms with Gasteiger partial charge < -0.3 is 30.1 Å². The maximum absolute atomic E-state index is 13.9. The maximum Gasteiger partial charge on any atom is 0.322 e. The molecule has 3 rings (SSSR count). The highest BCUT2D eigenvalue weighted by atomic mass is 19.1. The molecule has 0 radical (unpaired) electrons. The number of carbonyl (C=O) groups is 3. The van der Waals surface area contributed by atoms with Crippen LogP contribution in [0.15, 0.2) is 42.5 Å². The van der Waals surface area contributed by atoms with Crippen molar-refractivity contribution in [2.75, 3.05) is 68.5 Å². The molecule has 9 nitrogen and oxygen atoms in total. The monoisotopic (exact) mass is 485 g/mol. The standard InChI is InChI=1S/C25H32FN5O4/c1-4-29(5-2)24(33)19-16-18(27-23(32)17-35-3)10-11-22(19)30-12-14-31(15-13-30)25(34)28-21-9-7-6-8-20(21)26/h6-11,16H,4-5,12-15,17H2,1-3H3,(H,27,32)(H,28,34). The van der Waals surface area contributed by atoms with E-state index in [2.05, 4.69) is 10.6 Å². The van der Waals surface area contributed by atoms with Gasteiger partial charge >= 0.3 is 6.03 Å². The number of nitrogens with one attached hydrogen (secondary N) is 2. The Bertz CT molecular complexity index is 1050. The van der Waals surface area contributed by atoms with Gasteiger partial charge in [0, 0.05) is 57.8 Å². The Labute approximate surface area is 204 Å². The van der Waals surface area contributed by atoms with Crippen molar-refractivity contribution >= 4 is 34.9 Å². The summed E-state index contributed by atoms with van der Waals surface area (Å²) in [7, 11) is 1.44. The molecule has 0 bridgehead atoms. The molecular formula is C25H32FN5O4. The van der Waals surface area contributed by atoms with Gasteiger partial charge in [-0.05, 0) is 44.2 Å². The smallest absolute Gasteiger partial charge is 0.322 e. The largest absolute Gasteiger partial charge is 0.375 e. The number of benzene rings is 2. The fourth-order valence-corrected chi connectivity index (χ4v) is 3.98. The van der Waals surface area contributed by atoms with E-state index in [-0.39, 0.29) is 30.1 Å². The number of para-hydroxylation sites is 1. The summed E-state index contributed by atoms with van der Waals surface area (Å²) in [5.74, 6) is -0.930. The van der Waals surface area contributed by atoms with E-state index in [1.54, 1.807) is 34.1 Å². The van der Waals surface area contributed by atoms with Crippen molar-refractivity contribution in [3.8, 4) is 0 Å². The lowest BCUT2D eigenvalue weighted by Crippen LogP contribution is -2.50. The van der Waals surface area contributed by atoms with Crippen LogP contribution in [-0.2, 0) is 9.53 Å². The zero-order chi connectivity index (χ0) is 25.4. The molecule has 0 spiro atoms. The van der Waals surface area contributed by atoms with Gasteiger partial charge in [0.1, 0.15) is 12.4 Å². The van der Waals surface area contributed by atoms with Crippen LogP contribution in [0.5, 0.6) is 0 Å². The van der Waals surface area contributed by atoms with Crippen molar-refractivity contribution < 1.29 is 23.5 Å². The minimum atomic E-state index is -0.489. The summed E-state index contributed by atoms with van der Waals surface area (Å²) in [4.78, 5) is 43.3. The molecule has 2 aromatic carbocycles. The third-order valence-electron chi connectivity index (χ3n) is 5.86. The van der Waals surface area contributed by atoms with Crippen LogP contribution in [0.4, 0.5) is 26.2 Å². The molecule has 1 aliphatic rings. The minimum absolute atomic E-state index is 0.0853. The number of urea groups is 1. The van der Waals surface area contributed by atoms with Gasteiger partial charge in [-0.1, -0.05) is 12.1 Å². The number of halogens is 1. The molecular weight excluding hydrogens is 453 g/mol. The summed E-state index contributed by atoms with van der Waals surface area (Å²) in [5, 5.41) is 5.36. The van der Waals surface area contributed by atoms with E-state index in [9.17, 15) is 18.8 Å². The molecule has 0 saturated carbocycles. The molecule has 4 amide bonds. The second kappa shape index (κ2) is 12.2. The van der Waals surface area contributed by atoms with E-state index in [1.165, 1.54) is 19.2 Å². The second-order valence-electron chi connectivity index (χ2n) is 8.07. The van der Waals surface area contributed by atoms with Crippen molar-refractivity contribution in [1.29, 1.82) is 0 Å². The number of anilines is 3. The summed E-state index contributed by atoms with van der Waals surface area (Å²) in [6, 6.07) is 10.9. The van der Waals surface area contributed by atoms with Gasteiger partial charge in [-0.3, -0.25) is 9.59 Å². The van der Waals surface area contributed by atoms with Gasteiger partial charge in [0.2, 0.25) is 5.91 Å². The highest BCUT2D eigenvalue weighted by molar-refractivity contribution is 6.02. The van der Waals surface area contributed by atoms with E-state index >= 15 is 0 Å². The second-order valence-corrected chi connectivity index (χ2v) is 8.07. The first kappa shape index (κ1) is 26.0. The van der Waals surface area contributed by atoms with Crippen LogP contribution in [0.3, 0.4) is 0 Å². The Hall–Kier alpha value is -3.66. The SMILES string of the molecule is CCN(CC)C(=O)c1cc(NC(=O)COC)ccc1N1CCN(C(=O)Nc2ccccc2F)CC1. The number of nitrogens with zero attached hydrogens (tertiary/aromatic N) is 3. The number of piperazine rings is 1. The summed E-state index contributed by atoms with van der Waals surface area (Å²) in [5.41, 5.74) is 1.86. The number of methoxy groups -OCH3 is 1. The first-order chi connectivity index (χ1) is 16.9. The number of ether oxygens (including phenoxy) is 1. The summed E-state index contributed by atoms with van der Waals surface area (Å²) in [6.45, 7) is 6.67. The molecule has 188 valence electrons. The van der Waals surface area contributed by atoms with E-state index < -0.39 is 5.82 Å². The summed E-state index contributed by atoms with van der Waals surface area (Å²) >= 11 is 0. The predicted octanol–water partition coefficient (Wildman–Crippen LogP) is 3.25. The molecule has 2 N–H and O–H groups in total. The van der Waals surface area contributed by atoms with Gasteiger partial charge in [-0.2, -0.15) is 0 Å². The van der Waals surface area contributed by atoms with Crippen molar-refractivity contribution in [1.82, 2.24) is 9.80 Å². The Morgan fingerprint density at radius 2 is 1.69 bits per heavy atom. The third kappa shape index (κ3) is 6.48. The molecule has 0 unspecified atom stereocenters. The highest BCUT2D eigenvalue weighted by Crippen LogP contribution is 2.27. The number of carbonyl (C=O) groups excluding carboxylic acids is 3. The molecule has 0 aromatic heterocycles. The van der Waals surface area contributed by atoms with Gasteiger partial charge in [0.25, 0.3) is 5.91 Å². The van der Waals surface area contributed by atoms with Gasteiger partial charge in [-0.25, -0.2) is 9.18 Å². The summed E-state index contributed by atoms with van der Waals surface area (Å²) in [6.07, 6.45) is 0. The topological polar surface area (TPSA) is 94.2 Å². The Kier molecular flexibility index (Phi) is 9.02. The lowest BCUT2D eigenvalue weighted by Gasteiger charge is -2.37. The van der Waals surface area contributed by atoms with Crippen molar-refractivity contribution in [3.63, 3.8) is 0 Å². The molecule has 0 atom stereocenters. The average molecular weight is 486 g/mol. The van der Waals surface area contributed by atoms with E-state index in [1.807, 2.05) is 24.8 Å². The van der Waals surface area contributed by atoms with Crippen LogP contribution in [0.1, 0.15) is 24.2 Å². The average Bonchev–Trinajstić information content (AvgIpc) is 2.86. The highest BCUT2D eigenvalue weighted by Gasteiger charge is 2.26. The molecule has 1 aliphatic heterocycles. The van der Waals surface area contributed by atoms with Crippen LogP contribution >= 0.6 is 0 Å². The van der Waals surface area contributed by atoms with Crippen molar-refractivity contribution in [2.45, 2.75) is 13.8 Å². The van der Waals surface area contributed by atoms with Crippen molar-refractivity contribution in [2.24, 2.45) is 0 Å².